The molecule has 0 aromatic carbocycles. The number of rotatable bonds is 0. The molecule has 0 N–H and O–H groups in total. The molecule has 0 radical (unpaired) electrons. The van der Waals surface area contributed by atoms with E-state index in [0.29, 0.717) is 0 Å². The van der Waals surface area contributed by atoms with Crippen molar-refractivity contribution in [2.75, 3.05) is 0 Å². The van der Waals surface area contributed by atoms with Crippen LogP contribution in [0.25, 0.3) is 0 Å². The van der Waals surface area contributed by atoms with Gasteiger partial charge in [0.2, 0.25) is 0 Å². The summed E-state index contributed by atoms with van der Waals surface area (Å²) < 4.78 is 0. The van der Waals surface area contributed by atoms with Gasteiger partial charge >= 0.3 is 0 Å². The maximum atomic E-state index is 2.44. The lowest BCUT2D eigenvalue weighted by Crippen LogP contribution is -2.15. The summed E-state index contributed by atoms with van der Waals surface area (Å²) in [5.41, 5.74) is 0.976. The second-order valence-electron chi connectivity index (χ2n) is 4.22. The van der Waals surface area contributed by atoms with Crippen LogP contribution >= 0.6 is 0 Å². The Labute approximate surface area is 50.3 Å². The summed E-state index contributed by atoms with van der Waals surface area (Å²) >= 11 is 0. The Morgan fingerprint density at radius 2 is 2.12 bits per heavy atom. The van der Waals surface area contributed by atoms with Crippen molar-refractivity contribution < 1.29 is 0 Å². The molecule has 4 fully saturated rings. The van der Waals surface area contributed by atoms with Crippen LogP contribution in [0.4, 0.5) is 0 Å². The van der Waals surface area contributed by atoms with E-state index in [4.69, 9.17) is 0 Å². The van der Waals surface area contributed by atoms with Gasteiger partial charge in [0.25, 0.3) is 0 Å². The Kier molecular flexibility index (Phi) is 0.381. The van der Waals surface area contributed by atoms with Gasteiger partial charge < -0.3 is 0 Å². The first-order valence-corrected chi connectivity index (χ1v) is 3.82. The van der Waals surface area contributed by atoms with Crippen LogP contribution in [0.3, 0.4) is 0 Å². The molecule has 0 aromatic rings. The van der Waals surface area contributed by atoms with Crippen LogP contribution in [0.2, 0.25) is 0 Å². The minimum absolute atomic E-state index is 0.976. The average molecular weight is 108 g/mol. The molecule has 44 valence electrons. The molecule has 4 saturated carbocycles. The van der Waals surface area contributed by atoms with E-state index in [0.717, 1.165) is 11.3 Å². The van der Waals surface area contributed by atoms with E-state index in [9.17, 15) is 0 Å². The minimum atomic E-state index is 0.976. The van der Waals surface area contributed by atoms with Gasteiger partial charge in [-0.3, -0.25) is 0 Å². The van der Waals surface area contributed by atoms with Crippen LogP contribution in [0.1, 0.15) is 26.2 Å². The average Bonchev–Trinajstić information content (AvgIpc) is 2.17. The van der Waals surface area contributed by atoms with Crippen molar-refractivity contribution in [2.24, 2.45) is 23.2 Å². The second kappa shape index (κ2) is 0.778. The van der Waals surface area contributed by atoms with Crippen LogP contribution in [0, 0.1) is 23.2 Å². The van der Waals surface area contributed by atoms with Crippen molar-refractivity contribution in [1.82, 2.24) is 0 Å². The molecule has 2 bridgehead atoms. The fraction of sp³-hybridized carbons (Fsp3) is 1.00. The molecule has 0 aliphatic heterocycles. The van der Waals surface area contributed by atoms with Gasteiger partial charge in [-0.2, -0.15) is 0 Å². The lowest BCUT2D eigenvalue weighted by Gasteiger charge is -2.22. The van der Waals surface area contributed by atoms with Gasteiger partial charge in [0.15, 0.2) is 0 Å². The molecule has 1 spiro atoms. The predicted molar refractivity (Wildman–Crippen MR) is 32.4 cm³/mol. The zero-order valence-corrected chi connectivity index (χ0v) is 5.35. The van der Waals surface area contributed by atoms with Crippen molar-refractivity contribution in [1.29, 1.82) is 0 Å². The van der Waals surface area contributed by atoms with Crippen LogP contribution in [0.5, 0.6) is 0 Å². The summed E-state index contributed by atoms with van der Waals surface area (Å²) in [5, 5.41) is 0. The van der Waals surface area contributed by atoms with Crippen molar-refractivity contribution >= 4 is 0 Å². The molecular formula is C8H12. The molecular weight excluding hydrogens is 96.1 g/mol. The van der Waals surface area contributed by atoms with E-state index >= 15 is 0 Å². The lowest BCUT2D eigenvalue weighted by molar-refractivity contribution is 0.267. The van der Waals surface area contributed by atoms with Gasteiger partial charge in [-0.05, 0) is 42.4 Å². The maximum absolute atomic E-state index is 2.44. The Morgan fingerprint density at radius 3 is 2.38 bits per heavy atom. The quantitative estimate of drug-likeness (QED) is 0.445. The molecule has 4 aliphatic carbocycles. The van der Waals surface area contributed by atoms with Crippen LogP contribution in [0.15, 0.2) is 0 Å². The Hall–Kier alpha value is 0. The Balaban J connectivity index is 2.05. The van der Waals surface area contributed by atoms with Gasteiger partial charge in [-0.1, -0.05) is 6.92 Å². The third-order valence-electron chi connectivity index (χ3n) is 3.87. The van der Waals surface area contributed by atoms with Crippen LogP contribution in [-0.2, 0) is 0 Å². The molecule has 0 saturated heterocycles. The highest BCUT2D eigenvalue weighted by Crippen LogP contribution is 2.81. The topological polar surface area (TPSA) is 0 Å². The summed E-state index contributed by atoms with van der Waals surface area (Å²) in [4.78, 5) is 0. The van der Waals surface area contributed by atoms with Crippen LogP contribution in [-0.4, -0.2) is 0 Å². The SMILES string of the molecule is C[C@H]1C[C@@]23C[C@@H]1[C@@H]2C3. The first kappa shape index (κ1) is 3.92. The largest absolute Gasteiger partial charge is 0.0622 e. The third-order valence-corrected chi connectivity index (χ3v) is 3.87. The molecule has 4 rings (SSSR count). The molecule has 0 heterocycles. The molecule has 8 heavy (non-hydrogen) atoms. The van der Waals surface area contributed by atoms with Crippen molar-refractivity contribution in [2.45, 2.75) is 26.2 Å². The van der Waals surface area contributed by atoms with Crippen LogP contribution < -0.4 is 0 Å². The highest BCUT2D eigenvalue weighted by Gasteiger charge is 2.73. The fourth-order valence-corrected chi connectivity index (χ4v) is 3.38. The standard InChI is InChI=1S/C8H12/c1-5-2-8-3-6(5)7(8)4-8/h5-7H,2-4H2,1H3/t5-,6-,7-,8-/m0/s1. The normalized spacial score (nSPS) is 73.9. The predicted octanol–water partition coefficient (Wildman–Crippen LogP) is 2.05. The highest BCUT2D eigenvalue weighted by atomic mass is 14.8. The Bertz CT molecular complexity index is 148. The first-order valence-electron chi connectivity index (χ1n) is 3.82. The maximum Gasteiger partial charge on any atom is -0.0258 e. The molecule has 4 atom stereocenters. The number of hydrogen-bond donors (Lipinski definition) is 0. The zero-order chi connectivity index (χ0) is 5.35. The molecule has 0 amide bonds. The molecule has 0 nitrogen and oxygen atoms in total. The van der Waals surface area contributed by atoms with Gasteiger partial charge in [0.05, 0.1) is 0 Å². The summed E-state index contributed by atoms with van der Waals surface area (Å²) in [7, 11) is 0. The molecule has 0 heteroatoms. The second-order valence-corrected chi connectivity index (χ2v) is 4.22. The van der Waals surface area contributed by atoms with Gasteiger partial charge in [-0.15, -0.1) is 0 Å². The van der Waals surface area contributed by atoms with Gasteiger partial charge in [0.1, 0.15) is 0 Å². The van der Waals surface area contributed by atoms with E-state index in [1.807, 2.05) is 0 Å². The summed E-state index contributed by atoms with van der Waals surface area (Å²) in [6.07, 6.45) is 4.81. The molecule has 4 aliphatic rings. The van der Waals surface area contributed by atoms with E-state index < -0.39 is 0 Å². The van der Waals surface area contributed by atoms with E-state index in [1.54, 1.807) is 19.3 Å². The first-order chi connectivity index (χ1) is 3.82. The lowest BCUT2D eigenvalue weighted by atomic mass is 9.83. The van der Waals surface area contributed by atoms with Gasteiger partial charge in [-0.25, -0.2) is 0 Å². The van der Waals surface area contributed by atoms with Crippen molar-refractivity contribution in [3.05, 3.63) is 0 Å². The summed E-state index contributed by atoms with van der Waals surface area (Å²) in [6, 6.07) is 0. The minimum Gasteiger partial charge on any atom is -0.0622 e. The molecule has 0 aromatic heterocycles. The smallest absolute Gasteiger partial charge is 0.0258 e. The fourth-order valence-electron chi connectivity index (χ4n) is 3.38. The van der Waals surface area contributed by atoms with Crippen molar-refractivity contribution in [3.8, 4) is 0 Å². The number of hydrogen-bond acceptors (Lipinski definition) is 0. The number of fused-ring (bicyclic) bond motifs is 1. The Morgan fingerprint density at radius 1 is 1.25 bits per heavy atom. The van der Waals surface area contributed by atoms with E-state index in [-0.39, 0.29) is 0 Å². The summed E-state index contributed by atoms with van der Waals surface area (Å²) in [5.74, 6) is 3.53. The van der Waals surface area contributed by atoms with Gasteiger partial charge in [0, 0.05) is 0 Å². The third kappa shape index (κ3) is 0.206. The monoisotopic (exact) mass is 108 g/mol. The van der Waals surface area contributed by atoms with Crippen molar-refractivity contribution in [3.63, 3.8) is 0 Å². The molecule has 0 unspecified atom stereocenters. The summed E-state index contributed by atoms with van der Waals surface area (Å²) in [6.45, 7) is 2.44. The zero-order valence-electron chi connectivity index (χ0n) is 5.35. The highest BCUT2D eigenvalue weighted by molar-refractivity contribution is 5.22. The van der Waals surface area contributed by atoms with E-state index in [1.165, 1.54) is 11.8 Å². The van der Waals surface area contributed by atoms with E-state index in [2.05, 4.69) is 6.92 Å².